The van der Waals surface area contributed by atoms with E-state index in [-0.39, 0.29) is 11.7 Å². The summed E-state index contributed by atoms with van der Waals surface area (Å²) in [7, 11) is 0. The minimum Gasteiger partial charge on any atom is -0.356 e. The maximum absolute atomic E-state index is 10.9. The average molecular weight is 301 g/mol. The molecule has 0 bridgehead atoms. The zero-order valence-corrected chi connectivity index (χ0v) is 12.3. The number of hydrogen-bond acceptors (Lipinski definition) is 3. The predicted octanol–water partition coefficient (Wildman–Crippen LogP) is 3.64. The summed E-state index contributed by atoms with van der Waals surface area (Å²) in [4.78, 5) is 10.5. The summed E-state index contributed by atoms with van der Waals surface area (Å²) in [6.45, 7) is 1.97. The van der Waals surface area contributed by atoms with E-state index in [9.17, 15) is 10.1 Å². The van der Waals surface area contributed by atoms with E-state index in [0.29, 0.717) is 10.8 Å². The van der Waals surface area contributed by atoms with Crippen molar-refractivity contribution in [3.8, 4) is 0 Å². The van der Waals surface area contributed by atoms with Gasteiger partial charge in [-0.15, -0.1) is 0 Å². The lowest BCUT2D eigenvalue weighted by molar-refractivity contribution is -0.383. The summed E-state index contributed by atoms with van der Waals surface area (Å²) in [5.41, 5.74) is 1.46. The van der Waals surface area contributed by atoms with Crippen molar-refractivity contribution in [3.05, 3.63) is 70.3 Å². The van der Waals surface area contributed by atoms with Crippen molar-refractivity contribution in [2.24, 2.45) is 0 Å². The third kappa shape index (κ3) is 4.00. The summed E-state index contributed by atoms with van der Waals surface area (Å²) in [6.07, 6.45) is 0. The maximum atomic E-state index is 10.9. The largest absolute Gasteiger partial charge is 0.356 e. The van der Waals surface area contributed by atoms with E-state index in [0.717, 1.165) is 5.56 Å². The first-order valence-corrected chi connectivity index (χ1v) is 6.84. The van der Waals surface area contributed by atoms with E-state index in [2.05, 4.69) is 10.6 Å². The van der Waals surface area contributed by atoms with Crippen molar-refractivity contribution >= 4 is 28.7 Å². The van der Waals surface area contributed by atoms with Gasteiger partial charge in [0.2, 0.25) is 0 Å². The normalized spacial score (nSPS) is 11.5. The van der Waals surface area contributed by atoms with Gasteiger partial charge in [0.05, 0.1) is 11.0 Å². The number of nitrogens with zero attached hydrogens (tertiary/aromatic N) is 1. The van der Waals surface area contributed by atoms with E-state index in [1.807, 2.05) is 37.3 Å². The number of nitro benzene ring substituents is 1. The van der Waals surface area contributed by atoms with Gasteiger partial charge < -0.3 is 10.6 Å². The minimum atomic E-state index is -0.439. The van der Waals surface area contributed by atoms with Crippen LogP contribution in [-0.2, 0) is 0 Å². The fraction of sp³-hybridized carbons (Fsp3) is 0.133. The van der Waals surface area contributed by atoms with Gasteiger partial charge in [-0.1, -0.05) is 42.5 Å². The summed E-state index contributed by atoms with van der Waals surface area (Å²) in [5.74, 6) is 0. The van der Waals surface area contributed by atoms with Crippen molar-refractivity contribution in [2.45, 2.75) is 13.0 Å². The lowest BCUT2D eigenvalue weighted by atomic mass is 10.1. The molecule has 2 aromatic carbocycles. The van der Waals surface area contributed by atoms with Crippen LogP contribution in [0.5, 0.6) is 0 Å². The molecule has 0 saturated heterocycles. The molecule has 6 heteroatoms. The van der Waals surface area contributed by atoms with Gasteiger partial charge in [-0.3, -0.25) is 10.1 Å². The first-order valence-electron chi connectivity index (χ1n) is 6.44. The first-order chi connectivity index (χ1) is 10.1. The summed E-state index contributed by atoms with van der Waals surface area (Å²) in [5, 5.41) is 17.3. The van der Waals surface area contributed by atoms with E-state index >= 15 is 0 Å². The number of para-hydroxylation sites is 2. The van der Waals surface area contributed by atoms with Crippen LogP contribution in [0.25, 0.3) is 0 Å². The molecule has 0 radical (unpaired) electrons. The molecular weight excluding hydrogens is 286 g/mol. The Morgan fingerprint density at radius 2 is 1.76 bits per heavy atom. The zero-order chi connectivity index (χ0) is 15.2. The van der Waals surface area contributed by atoms with Crippen LogP contribution in [0.2, 0.25) is 0 Å². The molecule has 0 saturated carbocycles. The van der Waals surface area contributed by atoms with Crippen LogP contribution in [-0.4, -0.2) is 10.0 Å². The van der Waals surface area contributed by atoms with Crippen molar-refractivity contribution < 1.29 is 4.92 Å². The van der Waals surface area contributed by atoms with Crippen molar-refractivity contribution in [2.75, 3.05) is 5.32 Å². The Balaban J connectivity index is 2.04. The van der Waals surface area contributed by atoms with Crippen LogP contribution in [0.1, 0.15) is 18.5 Å². The first kappa shape index (κ1) is 14.9. The Kier molecular flexibility index (Phi) is 4.84. The van der Waals surface area contributed by atoms with Gasteiger partial charge in [0.1, 0.15) is 5.69 Å². The van der Waals surface area contributed by atoms with Crippen LogP contribution in [0.4, 0.5) is 11.4 Å². The van der Waals surface area contributed by atoms with Crippen molar-refractivity contribution in [1.82, 2.24) is 5.32 Å². The summed E-state index contributed by atoms with van der Waals surface area (Å²) >= 11 is 5.21. The molecule has 0 aliphatic rings. The second-order valence-electron chi connectivity index (χ2n) is 4.51. The average Bonchev–Trinajstić information content (AvgIpc) is 2.48. The number of nitro groups is 1. The topological polar surface area (TPSA) is 67.2 Å². The minimum absolute atomic E-state index is 0.00554. The predicted molar refractivity (Wildman–Crippen MR) is 87.3 cm³/mol. The van der Waals surface area contributed by atoms with Gasteiger partial charge >= 0.3 is 0 Å². The monoisotopic (exact) mass is 301 g/mol. The highest BCUT2D eigenvalue weighted by atomic mass is 32.1. The highest BCUT2D eigenvalue weighted by Gasteiger charge is 2.14. The lowest BCUT2D eigenvalue weighted by Crippen LogP contribution is -2.31. The van der Waals surface area contributed by atoms with Gasteiger partial charge in [0.15, 0.2) is 5.11 Å². The maximum Gasteiger partial charge on any atom is 0.292 e. The van der Waals surface area contributed by atoms with Crippen LogP contribution in [0.3, 0.4) is 0 Å². The van der Waals surface area contributed by atoms with E-state index in [1.54, 1.807) is 18.2 Å². The molecule has 0 amide bonds. The van der Waals surface area contributed by atoms with Crippen LogP contribution in [0.15, 0.2) is 54.6 Å². The Bertz CT molecular complexity index is 646. The van der Waals surface area contributed by atoms with Gasteiger partial charge in [-0.2, -0.15) is 0 Å². The standard InChI is InChI=1S/C15H15N3O2S/c1-11(12-7-3-2-4-8-12)16-15(21)17-13-9-5-6-10-14(13)18(19)20/h2-11H,1H3,(H2,16,17,21). The SMILES string of the molecule is CC(NC(=S)Nc1ccccc1[N+](=O)[O-])c1ccccc1. The number of rotatable bonds is 4. The Hall–Kier alpha value is -2.47. The molecule has 108 valence electrons. The van der Waals surface area contributed by atoms with Gasteiger partial charge in [-0.05, 0) is 30.8 Å². The number of nitrogens with one attached hydrogen (secondary N) is 2. The molecule has 1 unspecified atom stereocenters. The molecule has 2 N–H and O–H groups in total. The molecule has 2 aromatic rings. The Morgan fingerprint density at radius 1 is 1.14 bits per heavy atom. The van der Waals surface area contributed by atoms with Crippen LogP contribution in [0, 0.1) is 10.1 Å². The molecule has 1 atom stereocenters. The molecule has 0 fully saturated rings. The fourth-order valence-electron chi connectivity index (χ4n) is 1.92. The number of hydrogen-bond donors (Lipinski definition) is 2. The van der Waals surface area contributed by atoms with Gasteiger partial charge in [0, 0.05) is 6.07 Å². The summed E-state index contributed by atoms with van der Waals surface area (Å²) in [6, 6.07) is 16.2. The molecule has 2 rings (SSSR count). The lowest BCUT2D eigenvalue weighted by Gasteiger charge is -2.17. The fourth-order valence-corrected chi connectivity index (χ4v) is 2.21. The number of thiocarbonyl (C=S) groups is 1. The Labute approximate surface area is 128 Å². The summed E-state index contributed by atoms with van der Waals surface area (Å²) < 4.78 is 0. The second kappa shape index (κ2) is 6.81. The highest BCUT2D eigenvalue weighted by Crippen LogP contribution is 2.23. The van der Waals surface area contributed by atoms with Crippen molar-refractivity contribution in [1.29, 1.82) is 0 Å². The third-order valence-corrected chi connectivity index (χ3v) is 3.22. The van der Waals surface area contributed by atoms with E-state index in [1.165, 1.54) is 6.07 Å². The van der Waals surface area contributed by atoms with Gasteiger partial charge in [0.25, 0.3) is 5.69 Å². The molecular formula is C15H15N3O2S. The molecule has 0 aromatic heterocycles. The van der Waals surface area contributed by atoms with E-state index < -0.39 is 4.92 Å². The molecule has 0 aliphatic carbocycles. The highest BCUT2D eigenvalue weighted by molar-refractivity contribution is 7.80. The Morgan fingerprint density at radius 3 is 2.43 bits per heavy atom. The van der Waals surface area contributed by atoms with Crippen molar-refractivity contribution in [3.63, 3.8) is 0 Å². The number of benzene rings is 2. The zero-order valence-electron chi connectivity index (χ0n) is 11.4. The molecule has 21 heavy (non-hydrogen) atoms. The quantitative estimate of drug-likeness (QED) is 0.512. The van der Waals surface area contributed by atoms with Crippen LogP contribution >= 0.6 is 12.2 Å². The molecule has 0 spiro atoms. The van der Waals surface area contributed by atoms with Crippen LogP contribution < -0.4 is 10.6 Å². The number of anilines is 1. The van der Waals surface area contributed by atoms with Gasteiger partial charge in [-0.25, -0.2) is 0 Å². The third-order valence-electron chi connectivity index (χ3n) is 3.00. The van der Waals surface area contributed by atoms with E-state index in [4.69, 9.17) is 12.2 Å². The molecule has 0 aliphatic heterocycles. The molecule has 5 nitrogen and oxygen atoms in total. The molecule has 0 heterocycles. The second-order valence-corrected chi connectivity index (χ2v) is 4.91. The smallest absolute Gasteiger partial charge is 0.292 e.